The van der Waals surface area contributed by atoms with Gasteiger partial charge in [-0.1, -0.05) is 48.5 Å². The van der Waals surface area contributed by atoms with Gasteiger partial charge in [-0.3, -0.25) is 9.48 Å². The topological polar surface area (TPSA) is 120 Å². The van der Waals surface area contributed by atoms with Crippen molar-refractivity contribution >= 4 is 34.3 Å². The van der Waals surface area contributed by atoms with Gasteiger partial charge in [0, 0.05) is 36.2 Å². The Morgan fingerprint density at radius 3 is 2.71 bits per heavy atom. The summed E-state index contributed by atoms with van der Waals surface area (Å²) in [6.07, 6.45) is 7.79. The number of hydrogen-bond donors (Lipinski definition) is 2. The van der Waals surface area contributed by atoms with Crippen LogP contribution in [0.2, 0.25) is 0 Å². The molecule has 0 radical (unpaired) electrons. The highest BCUT2D eigenvalue weighted by Gasteiger charge is 2.17. The fourth-order valence-corrected chi connectivity index (χ4v) is 5.12. The van der Waals surface area contributed by atoms with E-state index in [1.807, 2.05) is 79.8 Å². The second kappa shape index (κ2) is 12.4. The van der Waals surface area contributed by atoms with Crippen molar-refractivity contribution < 1.29 is 14.3 Å². The van der Waals surface area contributed by atoms with Gasteiger partial charge < -0.3 is 20.1 Å². The number of benzene rings is 3. The van der Waals surface area contributed by atoms with Gasteiger partial charge >= 0.3 is 0 Å². The summed E-state index contributed by atoms with van der Waals surface area (Å²) < 4.78 is 14.9. The monoisotopic (exact) mass is 598 g/mol. The third-order valence-corrected chi connectivity index (χ3v) is 7.35. The predicted octanol–water partition coefficient (Wildman–Crippen LogP) is 5.90. The van der Waals surface area contributed by atoms with Crippen LogP contribution in [0, 0.1) is 0 Å². The molecule has 0 fully saturated rings. The highest BCUT2D eigenvalue weighted by Crippen LogP contribution is 2.30. The molecule has 7 rings (SSSR count). The zero-order chi connectivity index (χ0) is 30.6. The van der Waals surface area contributed by atoms with Crippen LogP contribution in [0.15, 0.2) is 104 Å². The van der Waals surface area contributed by atoms with Gasteiger partial charge in [0.2, 0.25) is 0 Å². The van der Waals surface area contributed by atoms with E-state index >= 15 is 0 Å². The van der Waals surface area contributed by atoms with E-state index in [0.29, 0.717) is 54.1 Å². The molecule has 0 aliphatic carbocycles. The molecule has 0 bridgehead atoms. The molecule has 0 spiro atoms. The Bertz CT molecular complexity index is 2010. The molecule has 45 heavy (non-hydrogen) atoms. The molecule has 224 valence electrons. The fraction of sp³-hybridized carbons (Fsp3) is 0.147. The third-order valence-electron chi connectivity index (χ3n) is 7.35. The lowest BCUT2D eigenvalue weighted by atomic mass is 10.0. The summed E-state index contributed by atoms with van der Waals surface area (Å²) in [6.45, 7) is 1.62. The maximum absolute atomic E-state index is 13.6. The Morgan fingerprint density at radius 1 is 1.00 bits per heavy atom. The summed E-state index contributed by atoms with van der Waals surface area (Å²) in [5, 5.41) is 15.1. The first-order valence-electron chi connectivity index (χ1n) is 14.6. The molecule has 1 amide bonds. The maximum atomic E-state index is 13.6. The minimum Gasteiger partial charge on any atom is -0.489 e. The Balaban J connectivity index is 1.13. The van der Waals surface area contributed by atoms with Crippen molar-refractivity contribution in [1.29, 1.82) is 0 Å². The van der Waals surface area contributed by atoms with E-state index in [1.54, 1.807) is 27.8 Å². The number of rotatable bonds is 9. The van der Waals surface area contributed by atoms with E-state index in [1.165, 1.54) is 6.20 Å². The van der Waals surface area contributed by atoms with Crippen molar-refractivity contribution in [3.63, 3.8) is 0 Å². The molecule has 1 aliphatic heterocycles. The Morgan fingerprint density at radius 2 is 1.89 bits per heavy atom. The normalized spacial score (nSPS) is 13.0. The van der Waals surface area contributed by atoms with Crippen molar-refractivity contribution in [2.24, 2.45) is 7.05 Å². The lowest BCUT2D eigenvalue weighted by Crippen LogP contribution is -2.13. The molecular formula is C34H30N8O3. The van der Waals surface area contributed by atoms with Gasteiger partial charge in [0.05, 0.1) is 19.4 Å². The molecule has 3 aromatic heterocycles. The van der Waals surface area contributed by atoms with Gasteiger partial charge in [-0.25, -0.2) is 14.5 Å². The molecule has 0 unspecified atom stereocenters. The second-order valence-electron chi connectivity index (χ2n) is 10.6. The number of nitrogens with zero attached hydrogens (tertiary/aromatic N) is 6. The van der Waals surface area contributed by atoms with E-state index in [2.05, 4.69) is 31.9 Å². The SMILES string of the molecule is Cn1cnc(-c2cccc(Nc3ccn4ncc(C(=O)Nc5cc(OCc6ccccc6)cc(C6=CCOCC6)c5)c4n3)c2)n1. The van der Waals surface area contributed by atoms with Gasteiger partial charge in [0.15, 0.2) is 11.5 Å². The average molecular weight is 599 g/mol. The van der Waals surface area contributed by atoms with Crippen molar-refractivity contribution in [1.82, 2.24) is 29.4 Å². The molecule has 2 N–H and O–H groups in total. The molecule has 11 heteroatoms. The minimum absolute atomic E-state index is 0.329. The summed E-state index contributed by atoms with van der Waals surface area (Å²) in [5.41, 5.74) is 6.24. The number of ether oxygens (including phenoxy) is 2. The fourth-order valence-electron chi connectivity index (χ4n) is 5.12. The molecule has 0 saturated carbocycles. The Hall–Kier alpha value is -5.81. The van der Waals surface area contributed by atoms with Crippen LogP contribution in [0.25, 0.3) is 22.6 Å². The van der Waals surface area contributed by atoms with Crippen molar-refractivity contribution in [3.8, 4) is 17.1 Å². The Labute approximate surface area is 259 Å². The van der Waals surface area contributed by atoms with Crippen LogP contribution >= 0.6 is 0 Å². The number of aryl methyl sites for hydroxylation is 1. The van der Waals surface area contributed by atoms with Crippen LogP contribution in [-0.2, 0) is 18.4 Å². The van der Waals surface area contributed by atoms with Gasteiger partial charge in [0.1, 0.15) is 30.1 Å². The predicted molar refractivity (Wildman–Crippen MR) is 171 cm³/mol. The smallest absolute Gasteiger partial charge is 0.261 e. The van der Waals surface area contributed by atoms with Gasteiger partial charge in [0.25, 0.3) is 5.91 Å². The largest absolute Gasteiger partial charge is 0.489 e. The quantitative estimate of drug-likeness (QED) is 0.211. The van der Waals surface area contributed by atoms with Crippen LogP contribution in [0.3, 0.4) is 0 Å². The summed E-state index contributed by atoms with van der Waals surface area (Å²) in [4.78, 5) is 22.7. The molecule has 6 aromatic rings. The second-order valence-corrected chi connectivity index (χ2v) is 10.6. The number of aromatic nitrogens is 6. The van der Waals surface area contributed by atoms with Crippen molar-refractivity contribution in [2.45, 2.75) is 13.0 Å². The first kappa shape index (κ1) is 28.0. The third kappa shape index (κ3) is 6.43. The van der Waals surface area contributed by atoms with Crippen molar-refractivity contribution in [3.05, 3.63) is 120 Å². The van der Waals surface area contributed by atoms with Crippen molar-refractivity contribution in [2.75, 3.05) is 23.8 Å². The number of carbonyl (C=O) groups is 1. The molecule has 0 atom stereocenters. The van der Waals surface area contributed by atoms with Crippen LogP contribution in [-0.4, -0.2) is 48.5 Å². The molecule has 4 heterocycles. The summed E-state index contributed by atoms with van der Waals surface area (Å²) in [6, 6.07) is 25.3. The number of hydrogen-bond acceptors (Lipinski definition) is 8. The lowest BCUT2D eigenvalue weighted by Gasteiger charge is -2.17. The van der Waals surface area contributed by atoms with E-state index < -0.39 is 0 Å². The van der Waals surface area contributed by atoms with E-state index in [-0.39, 0.29) is 5.91 Å². The Kier molecular flexibility index (Phi) is 7.73. The van der Waals surface area contributed by atoms with Crippen LogP contribution in [0.1, 0.15) is 27.9 Å². The number of anilines is 3. The standard InChI is InChI=1S/C34H30N8O3/c1-41-22-35-32(40-41)25-8-5-9-27(16-25)37-31-10-13-42-33(39-31)30(20-36-42)34(43)38-28-17-26(24-11-14-44-15-12-24)18-29(19-28)45-21-23-6-3-2-4-7-23/h2-11,13,16-20,22H,12,14-15,21H2,1H3,(H,37,39)(H,38,43). The summed E-state index contributed by atoms with van der Waals surface area (Å²) in [5.74, 6) is 1.52. The number of amides is 1. The average Bonchev–Trinajstić information content (AvgIpc) is 3.71. The van der Waals surface area contributed by atoms with E-state index in [4.69, 9.17) is 14.5 Å². The van der Waals surface area contributed by atoms with Gasteiger partial charge in [-0.15, -0.1) is 0 Å². The molecule has 1 aliphatic rings. The molecule has 11 nitrogen and oxygen atoms in total. The van der Waals surface area contributed by atoms with Crippen LogP contribution < -0.4 is 15.4 Å². The minimum atomic E-state index is -0.329. The molecule has 0 saturated heterocycles. The first-order valence-corrected chi connectivity index (χ1v) is 14.6. The van der Waals surface area contributed by atoms with E-state index in [0.717, 1.165) is 34.4 Å². The van der Waals surface area contributed by atoms with Crippen LogP contribution in [0.4, 0.5) is 17.2 Å². The molecular weight excluding hydrogens is 568 g/mol. The van der Waals surface area contributed by atoms with Crippen LogP contribution in [0.5, 0.6) is 5.75 Å². The highest BCUT2D eigenvalue weighted by molar-refractivity contribution is 6.08. The summed E-state index contributed by atoms with van der Waals surface area (Å²) >= 11 is 0. The first-order chi connectivity index (χ1) is 22.1. The number of nitrogens with one attached hydrogen (secondary N) is 2. The molecule has 3 aromatic carbocycles. The zero-order valence-corrected chi connectivity index (χ0v) is 24.6. The van der Waals surface area contributed by atoms with E-state index in [9.17, 15) is 4.79 Å². The van der Waals surface area contributed by atoms with Gasteiger partial charge in [-0.05, 0) is 53.5 Å². The number of fused-ring (bicyclic) bond motifs is 1. The maximum Gasteiger partial charge on any atom is 0.261 e. The van der Waals surface area contributed by atoms with Gasteiger partial charge in [-0.2, -0.15) is 10.2 Å². The zero-order valence-electron chi connectivity index (χ0n) is 24.6. The number of carbonyl (C=O) groups excluding carboxylic acids is 1. The summed E-state index contributed by atoms with van der Waals surface area (Å²) in [7, 11) is 1.83. The highest BCUT2D eigenvalue weighted by atomic mass is 16.5. The lowest BCUT2D eigenvalue weighted by molar-refractivity contribution is 0.102.